The van der Waals surface area contributed by atoms with Gasteiger partial charge in [0.25, 0.3) is 0 Å². The maximum Gasteiger partial charge on any atom is 0.341 e. The Morgan fingerprint density at radius 2 is 2.14 bits per heavy atom. The molecule has 1 saturated carbocycles. The number of nitrogens with two attached hydrogens (primary N) is 1. The highest BCUT2D eigenvalue weighted by Gasteiger charge is 2.60. The molecular formula is C20H21F2N3O4. The molecule has 2 aromatic rings. The lowest BCUT2D eigenvalue weighted by Gasteiger charge is -2.31. The van der Waals surface area contributed by atoms with Crippen LogP contribution in [0.3, 0.4) is 0 Å². The van der Waals surface area contributed by atoms with E-state index in [2.05, 4.69) is 0 Å². The SMILES string of the molecule is C[C@H]1COc2c(N3C[C@]4(N)CCC[C@]4(F)C3)c(F)cc3c(=O)c(C(=O)O)cn1c23. The Hall–Kier alpha value is -2.68. The number of pyridine rings is 1. The second kappa shape index (κ2) is 5.69. The zero-order valence-corrected chi connectivity index (χ0v) is 15.9. The lowest BCUT2D eigenvalue weighted by molar-refractivity contribution is 0.0694. The van der Waals surface area contributed by atoms with Crippen LogP contribution in [0.4, 0.5) is 14.5 Å². The van der Waals surface area contributed by atoms with E-state index in [1.54, 1.807) is 9.47 Å². The molecule has 3 N–H and O–H groups in total. The number of fused-ring (bicyclic) bond motifs is 1. The van der Waals surface area contributed by atoms with Gasteiger partial charge < -0.3 is 25.0 Å². The molecule has 1 aromatic heterocycles. The van der Waals surface area contributed by atoms with E-state index in [1.165, 1.54) is 6.20 Å². The van der Waals surface area contributed by atoms with Gasteiger partial charge >= 0.3 is 5.97 Å². The first-order valence-corrected chi connectivity index (χ1v) is 9.65. The number of anilines is 1. The molecule has 0 unspecified atom stereocenters. The van der Waals surface area contributed by atoms with Gasteiger partial charge in [0.15, 0.2) is 11.6 Å². The van der Waals surface area contributed by atoms with E-state index >= 15 is 8.78 Å². The minimum atomic E-state index is -1.60. The van der Waals surface area contributed by atoms with E-state index in [1.807, 2.05) is 6.92 Å². The monoisotopic (exact) mass is 405 g/mol. The molecule has 0 radical (unpaired) electrons. The van der Waals surface area contributed by atoms with Crippen molar-refractivity contribution < 1.29 is 23.4 Å². The summed E-state index contributed by atoms with van der Waals surface area (Å²) in [5, 5.41) is 9.30. The first kappa shape index (κ1) is 18.4. The number of hydrogen-bond donors (Lipinski definition) is 2. The number of hydrogen-bond acceptors (Lipinski definition) is 5. The molecule has 7 nitrogen and oxygen atoms in total. The average molecular weight is 405 g/mol. The van der Waals surface area contributed by atoms with Gasteiger partial charge in [-0.3, -0.25) is 4.79 Å². The minimum absolute atomic E-state index is 0.0463. The highest BCUT2D eigenvalue weighted by atomic mass is 19.1. The Bertz CT molecular complexity index is 1120. The van der Waals surface area contributed by atoms with E-state index in [4.69, 9.17) is 10.5 Å². The van der Waals surface area contributed by atoms with Crippen molar-refractivity contribution in [2.75, 3.05) is 24.6 Å². The molecule has 1 aromatic carbocycles. The summed E-state index contributed by atoms with van der Waals surface area (Å²) < 4.78 is 38.1. The van der Waals surface area contributed by atoms with E-state index in [-0.39, 0.29) is 42.6 Å². The summed E-state index contributed by atoms with van der Waals surface area (Å²) in [5.74, 6) is -1.98. The molecule has 3 aliphatic rings. The third kappa shape index (κ3) is 2.30. The van der Waals surface area contributed by atoms with Crippen molar-refractivity contribution >= 4 is 22.6 Å². The van der Waals surface area contributed by atoms with Crippen LogP contribution in [-0.2, 0) is 0 Å². The van der Waals surface area contributed by atoms with Gasteiger partial charge in [-0.2, -0.15) is 0 Å². The molecule has 3 heterocycles. The van der Waals surface area contributed by atoms with Crippen LogP contribution in [-0.4, -0.2) is 46.5 Å². The Morgan fingerprint density at radius 3 is 2.83 bits per heavy atom. The molecule has 3 atom stereocenters. The first-order chi connectivity index (χ1) is 13.7. The molecule has 2 aliphatic heterocycles. The van der Waals surface area contributed by atoms with Gasteiger partial charge in [-0.05, 0) is 32.3 Å². The van der Waals surface area contributed by atoms with Gasteiger partial charge in [0.1, 0.15) is 23.5 Å². The average Bonchev–Trinajstić information content (AvgIpc) is 3.06. The molecule has 1 saturated heterocycles. The quantitative estimate of drug-likeness (QED) is 0.795. The maximum absolute atomic E-state index is 15.4. The molecular weight excluding hydrogens is 384 g/mol. The summed E-state index contributed by atoms with van der Waals surface area (Å²) in [7, 11) is 0. The molecule has 9 heteroatoms. The fourth-order valence-electron chi connectivity index (χ4n) is 5.13. The van der Waals surface area contributed by atoms with Gasteiger partial charge in [-0.15, -0.1) is 0 Å². The normalized spacial score (nSPS) is 30.5. The van der Waals surface area contributed by atoms with Crippen LogP contribution in [0.2, 0.25) is 0 Å². The van der Waals surface area contributed by atoms with E-state index in [9.17, 15) is 14.7 Å². The summed E-state index contributed by atoms with van der Waals surface area (Å²) in [5.41, 5.74) is 2.88. The van der Waals surface area contributed by atoms with Gasteiger partial charge in [0.2, 0.25) is 5.43 Å². The number of carboxylic acid groups (broad SMARTS) is 1. The Morgan fingerprint density at radius 1 is 1.38 bits per heavy atom. The number of carboxylic acids is 1. The number of benzene rings is 1. The number of alkyl halides is 1. The molecule has 154 valence electrons. The van der Waals surface area contributed by atoms with Crippen molar-refractivity contribution in [3.8, 4) is 5.75 Å². The van der Waals surface area contributed by atoms with E-state index in [0.717, 1.165) is 6.07 Å². The number of nitrogens with zero attached hydrogens (tertiary/aromatic N) is 2. The number of carbonyl (C=O) groups is 1. The summed E-state index contributed by atoms with van der Waals surface area (Å²) >= 11 is 0. The van der Waals surface area contributed by atoms with Crippen molar-refractivity contribution in [2.24, 2.45) is 5.73 Å². The Balaban J connectivity index is 1.76. The molecule has 0 spiro atoms. The largest absolute Gasteiger partial charge is 0.487 e. The standard InChI is InChI=1S/C20H21F2N3O4/c1-10-7-29-17-14-11(16(26)12(18(27)28)6-25(10)14)5-13(21)15(17)24-8-19(22)3-2-4-20(19,23)9-24/h5-6,10H,2-4,7-9,23H2,1H3,(H,27,28)/t10-,19-,20+/m0/s1. The fourth-order valence-corrected chi connectivity index (χ4v) is 5.13. The minimum Gasteiger partial charge on any atom is -0.487 e. The second-order valence-corrected chi connectivity index (χ2v) is 8.51. The number of ether oxygens (including phenoxy) is 1. The van der Waals surface area contributed by atoms with Gasteiger partial charge in [0.05, 0.1) is 29.0 Å². The molecule has 0 amide bonds. The number of rotatable bonds is 2. The van der Waals surface area contributed by atoms with Crippen LogP contribution >= 0.6 is 0 Å². The predicted octanol–water partition coefficient (Wildman–Crippen LogP) is 2.20. The van der Waals surface area contributed by atoms with Crippen molar-refractivity contribution in [3.05, 3.63) is 33.9 Å². The van der Waals surface area contributed by atoms with Crippen LogP contribution in [0.1, 0.15) is 42.6 Å². The van der Waals surface area contributed by atoms with E-state index in [0.29, 0.717) is 24.8 Å². The molecule has 1 aliphatic carbocycles. The lowest BCUT2D eigenvalue weighted by Crippen LogP contribution is -2.53. The van der Waals surface area contributed by atoms with Crippen LogP contribution in [0.5, 0.6) is 5.75 Å². The third-order valence-corrected chi connectivity index (χ3v) is 6.69. The van der Waals surface area contributed by atoms with Crippen LogP contribution in [0, 0.1) is 5.82 Å². The third-order valence-electron chi connectivity index (χ3n) is 6.69. The van der Waals surface area contributed by atoms with E-state index < -0.39 is 34.0 Å². The molecule has 2 fully saturated rings. The molecule has 5 rings (SSSR count). The van der Waals surface area contributed by atoms with Crippen molar-refractivity contribution in [2.45, 2.75) is 43.4 Å². The van der Waals surface area contributed by atoms with Crippen molar-refractivity contribution in [3.63, 3.8) is 0 Å². The van der Waals surface area contributed by atoms with Gasteiger partial charge in [-0.1, -0.05) is 0 Å². The zero-order valence-electron chi connectivity index (χ0n) is 15.9. The van der Waals surface area contributed by atoms with Gasteiger partial charge in [-0.25, -0.2) is 13.6 Å². The summed E-state index contributed by atoms with van der Waals surface area (Å²) in [6.07, 6.45) is 2.81. The highest BCUT2D eigenvalue weighted by molar-refractivity contribution is 5.97. The summed E-state index contributed by atoms with van der Waals surface area (Å²) in [6.45, 7) is 2.08. The predicted molar refractivity (Wildman–Crippen MR) is 102 cm³/mol. The number of aromatic nitrogens is 1. The summed E-state index contributed by atoms with van der Waals surface area (Å²) in [4.78, 5) is 25.7. The van der Waals surface area contributed by atoms with Crippen LogP contribution < -0.4 is 20.8 Å². The smallest absolute Gasteiger partial charge is 0.341 e. The Kier molecular flexibility index (Phi) is 3.60. The lowest BCUT2D eigenvalue weighted by atomic mass is 9.89. The molecule has 0 bridgehead atoms. The van der Waals surface area contributed by atoms with Crippen LogP contribution in [0.15, 0.2) is 17.1 Å². The number of aromatic carboxylic acids is 1. The maximum atomic E-state index is 15.4. The van der Waals surface area contributed by atoms with Crippen molar-refractivity contribution in [1.29, 1.82) is 0 Å². The second-order valence-electron chi connectivity index (χ2n) is 8.51. The van der Waals surface area contributed by atoms with Crippen molar-refractivity contribution in [1.82, 2.24) is 4.57 Å². The Labute approximate surface area is 164 Å². The topological polar surface area (TPSA) is 97.8 Å². The van der Waals surface area contributed by atoms with Crippen LogP contribution in [0.25, 0.3) is 10.9 Å². The first-order valence-electron chi connectivity index (χ1n) is 9.65. The number of halogens is 2. The molecule has 29 heavy (non-hydrogen) atoms. The summed E-state index contributed by atoms with van der Waals surface area (Å²) in [6, 6.07) is 0.775. The highest BCUT2D eigenvalue weighted by Crippen LogP contribution is 2.50. The fraction of sp³-hybridized carbons (Fsp3) is 0.500. The zero-order chi connectivity index (χ0) is 20.7. The van der Waals surface area contributed by atoms with Gasteiger partial charge in [0, 0.05) is 12.7 Å².